The van der Waals surface area contributed by atoms with Crippen LogP contribution in [0.2, 0.25) is 0 Å². The second-order valence-electron chi connectivity index (χ2n) is 9.59. The van der Waals surface area contributed by atoms with E-state index in [0.717, 1.165) is 31.7 Å². The molecule has 0 saturated carbocycles. The van der Waals surface area contributed by atoms with Crippen molar-refractivity contribution in [1.29, 1.82) is 0 Å². The van der Waals surface area contributed by atoms with Crippen molar-refractivity contribution in [2.45, 2.75) is 113 Å². The van der Waals surface area contributed by atoms with E-state index in [1.165, 1.54) is 88.5 Å². The van der Waals surface area contributed by atoms with Crippen molar-refractivity contribution in [2.24, 2.45) is 0 Å². The number of hydrogen-bond donors (Lipinski definition) is 2. The fraction of sp³-hybridized carbons (Fsp3) is 0.571. The molecule has 0 amide bonds. The topological polar surface area (TPSA) is 118 Å². The number of benzene rings is 2. The molecule has 2 aromatic carbocycles. The molecule has 2 rings (SSSR count). The van der Waals surface area contributed by atoms with Crippen molar-refractivity contribution < 1.29 is 30.7 Å². The van der Waals surface area contributed by atoms with Crippen LogP contribution in [0, 0.1) is 0 Å². The van der Waals surface area contributed by atoms with Gasteiger partial charge in [-0.3, -0.25) is 9.11 Å². The summed E-state index contributed by atoms with van der Waals surface area (Å²) in [6.07, 6.45) is 17.5. The Morgan fingerprint density at radius 2 is 1.08 bits per heavy atom. The molecular formula is C28H42O7S2. The fourth-order valence-electron chi connectivity index (χ4n) is 4.51. The summed E-state index contributed by atoms with van der Waals surface area (Å²) in [6, 6.07) is 9.92. The molecule has 0 aliphatic carbocycles. The van der Waals surface area contributed by atoms with Crippen molar-refractivity contribution in [3.8, 4) is 11.5 Å². The molecule has 0 saturated heterocycles. The van der Waals surface area contributed by atoms with Crippen LogP contribution < -0.4 is 4.74 Å². The molecule has 0 atom stereocenters. The number of para-hydroxylation sites is 1. The third-order valence-electron chi connectivity index (χ3n) is 6.47. The third kappa shape index (κ3) is 11.5. The van der Waals surface area contributed by atoms with Gasteiger partial charge in [0.2, 0.25) is 0 Å². The zero-order chi connectivity index (χ0) is 27.2. The summed E-state index contributed by atoms with van der Waals surface area (Å²) >= 11 is 0. The van der Waals surface area contributed by atoms with Crippen LogP contribution in [0.1, 0.15) is 102 Å². The monoisotopic (exact) mass is 554 g/mol. The van der Waals surface area contributed by atoms with Gasteiger partial charge in [-0.1, -0.05) is 115 Å². The lowest BCUT2D eigenvalue weighted by Crippen LogP contribution is -2.07. The van der Waals surface area contributed by atoms with E-state index in [9.17, 15) is 25.9 Å². The third-order valence-corrected chi connectivity index (χ3v) is 8.34. The zero-order valence-electron chi connectivity index (χ0n) is 21.9. The second kappa shape index (κ2) is 16.1. The van der Waals surface area contributed by atoms with E-state index >= 15 is 0 Å². The molecule has 7 nitrogen and oxygen atoms in total. The molecule has 0 spiro atoms. The Morgan fingerprint density at radius 3 is 1.59 bits per heavy atom. The Labute approximate surface area is 223 Å². The maximum atomic E-state index is 12.2. The lowest BCUT2D eigenvalue weighted by molar-refractivity contribution is 0.432. The SMILES string of the molecule is CCCCCCCCCCCCCCCCc1cccc(Oc2ccccc2S(=O)(=O)O)c1S(=O)(=O)O. The highest BCUT2D eigenvalue weighted by Gasteiger charge is 2.24. The van der Waals surface area contributed by atoms with Crippen molar-refractivity contribution >= 4 is 20.2 Å². The van der Waals surface area contributed by atoms with Crippen molar-refractivity contribution in [2.75, 3.05) is 0 Å². The highest BCUT2D eigenvalue weighted by Crippen LogP contribution is 2.35. The van der Waals surface area contributed by atoms with Gasteiger partial charge in [-0.25, -0.2) is 0 Å². The summed E-state index contributed by atoms with van der Waals surface area (Å²) in [5, 5.41) is 0. The van der Waals surface area contributed by atoms with Gasteiger partial charge in [0.1, 0.15) is 21.3 Å². The lowest BCUT2D eigenvalue weighted by atomic mass is 10.0. The first-order valence-electron chi connectivity index (χ1n) is 13.5. The molecule has 0 aromatic heterocycles. The van der Waals surface area contributed by atoms with E-state index in [-0.39, 0.29) is 16.4 Å². The minimum atomic E-state index is -4.64. The second-order valence-corrected chi connectivity index (χ2v) is 12.3. The number of unbranched alkanes of at least 4 members (excludes halogenated alkanes) is 13. The average Bonchev–Trinajstić information content (AvgIpc) is 2.83. The van der Waals surface area contributed by atoms with Crippen molar-refractivity contribution in [3.63, 3.8) is 0 Å². The van der Waals surface area contributed by atoms with E-state index in [4.69, 9.17) is 4.74 Å². The molecule has 0 fully saturated rings. The number of rotatable bonds is 19. The van der Waals surface area contributed by atoms with E-state index in [2.05, 4.69) is 6.92 Å². The Kier molecular flexibility index (Phi) is 13.6. The van der Waals surface area contributed by atoms with Crippen LogP contribution in [0.25, 0.3) is 0 Å². The zero-order valence-corrected chi connectivity index (χ0v) is 23.5. The van der Waals surface area contributed by atoms with Gasteiger partial charge in [0.25, 0.3) is 20.2 Å². The van der Waals surface area contributed by atoms with Gasteiger partial charge in [0.05, 0.1) is 0 Å². The average molecular weight is 555 g/mol. The molecule has 2 N–H and O–H groups in total. The minimum absolute atomic E-state index is 0.193. The largest absolute Gasteiger partial charge is 0.454 e. The summed E-state index contributed by atoms with van der Waals surface area (Å²) in [5.74, 6) is -0.426. The van der Waals surface area contributed by atoms with Gasteiger partial charge in [-0.2, -0.15) is 16.8 Å². The van der Waals surface area contributed by atoms with Crippen LogP contribution in [0.3, 0.4) is 0 Å². The molecule has 0 heterocycles. The van der Waals surface area contributed by atoms with Crippen LogP contribution in [-0.2, 0) is 26.7 Å². The van der Waals surface area contributed by atoms with Crippen molar-refractivity contribution in [3.05, 3.63) is 48.0 Å². The highest BCUT2D eigenvalue weighted by atomic mass is 32.2. The normalized spacial score (nSPS) is 12.1. The maximum Gasteiger partial charge on any atom is 0.298 e. The number of ether oxygens (including phenoxy) is 1. The van der Waals surface area contributed by atoms with Gasteiger partial charge in [-0.05, 0) is 36.6 Å². The van der Waals surface area contributed by atoms with Gasteiger partial charge >= 0.3 is 0 Å². The standard InChI is InChI=1S/C28H42O7S2/c1-2-3-4-5-6-7-8-9-10-11-12-13-14-15-19-24-20-18-22-26(28(24)37(32,33)34)35-25-21-16-17-23-27(25)36(29,30)31/h16-18,20-23H,2-15,19H2,1H3,(H,29,30,31)(H,32,33,34). The molecule has 208 valence electrons. The molecular weight excluding hydrogens is 512 g/mol. The first kappa shape index (κ1) is 31.3. The molecule has 0 unspecified atom stereocenters. The molecule has 2 aromatic rings. The van der Waals surface area contributed by atoms with Crippen LogP contribution in [-0.4, -0.2) is 25.9 Å². The quantitative estimate of drug-likeness (QED) is 0.133. The Balaban J connectivity index is 1.84. The number of hydrogen-bond acceptors (Lipinski definition) is 5. The van der Waals surface area contributed by atoms with Crippen LogP contribution in [0.15, 0.2) is 52.3 Å². The van der Waals surface area contributed by atoms with Gasteiger partial charge in [-0.15, -0.1) is 0 Å². The summed E-state index contributed by atoms with van der Waals surface area (Å²) in [6.45, 7) is 2.24. The van der Waals surface area contributed by atoms with Crippen LogP contribution in [0.5, 0.6) is 11.5 Å². The summed E-state index contributed by atoms with van der Waals surface area (Å²) in [7, 11) is -9.22. The van der Waals surface area contributed by atoms with E-state index in [1.54, 1.807) is 12.1 Å². The van der Waals surface area contributed by atoms with E-state index in [0.29, 0.717) is 12.0 Å². The first-order chi connectivity index (χ1) is 17.6. The predicted octanol–water partition coefficient (Wildman–Crippen LogP) is 8.00. The Morgan fingerprint density at radius 1 is 0.595 bits per heavy atom. The van der Waals surface area contributed by atoms with Crippen LogP contribution >= 0.6 is 0 Å². The molecule has 0 aliphatic rings. The number of aryl methyl sites for hydroxylation is 1. The van der Waals surface area contributed by atoms with E-state index < -0.39 is 25.1 Å². The summed E-state index contributed by atoms with van der Waals surface area (Å²) in [5.41, 5.74) is 0.406. The highest BCUT2D eigenvalue weighted by molar-refractivity contribution is 7.86. The van der Waals surface area contributed by atoms with E-state index in [1.807, 2.05) is 0 Å². The maximum absolute atomic E-state index is 12.2. The lowest BCUT2D eigenvalue weighted by Gasteiger charge is -2.15. The van der Waals surface area contributed by atoms with Crippen LogP contribution in [0.4, 0.5) is 0 Å². The molecule has 0 aliphatic heterocycles. The molecule has 0 bridgehead atoms. The van der Waals surface area contributed by atoms with Gasteiger partial charge < -0.3 is 4.74 Å². The fourth-order valence-corrected chi connectivity index (χ4v) is 5.99. The smallest absolute Gasteiger partial charge is 0.298 e. The van der Waals surface area contributed by atoms with Gasteiger partial charge in [0, 0.05) is 0 Å². The Bertz CT molecular complexity index is 1160. The van der Waals surface area contributed by atoms with Crippen molar-refractivity contribution in [1.82, 2.24) is 0 Å². The predicted molar refractivity (Wildman–Crippen MR) is 147 cm³/mol. The molecule has 37 heavy (non-hydrogen) atoms. The summed E-state index contributed by atoms with van der Waals surface area (Å²) in [4.78, 5) is -0.872. The Hall–Kier alpha value is -1.94. The van der Waals surface area contributed by atoms with Gasteiger partial charge in [0.15, 0.2) is 0 Å². The molecule has 0 radical (unpaired) electrons. The summed E-state index contributed by atoms with van der Waals surface area (Å²) < 4.78 is 72.7. The first-order valence-corrected chi connectivity index (χ1v) is 16.4. The minimum Gasteiger partial charge on any atom is -0.454 e. The molecule has 9 heteroatoms.